The number of nitrogens with zero attached hydrogens (tertiary/aromatic N) is 2. The first-order chi connectivity index (χ1) is 13.9. The lowest BCUT2D eigenvalue weighted by atomic mass is 10.1. The van der Waals surface area contributed by atoms with E-state index in [1.165, 1.54) is 16.7 Å². The molecular weight excluding hydrogens is 391 g/mol. The molecule has 0 radical (unpaired) electrons. The third-order valence-electron chi connectivity index (χ3n) is 4.38. The lowest BCUT2D eigenvalue weighted by molar-refractivity contribution is -0.141. The van der Waals surface area contributed by atoms with Crippen LogP contribution in [0.1, 0.15) is 22.4 Å². The van der Waals surface area contributed by atoms with Gasteiger partial charge in [-0.25, -0.2) is 9.37 Å². The molecule has 3 aromatic rings. The van der Waals surface area contributed by atoms with Crippen LogP contribution in [-0.4, -0.2) is 21.3 Å². The van der Waals surface area contributed by atoms with Gasteiger partial charge in [0.1, 0.15) is 12.4 Å². The number of benzene rings is 2. The zero-order valence-corrected chi connectivity index (χ0v) is 17.0. The second-order valence-electron chi connectivity index (χ2n) is 6.56. The second-order valence-corrected chi connectivity index (χ2v) is 7.51. The van der Waals surface area contributed by atoms with Gasteiger partial charge in [-0.2, -0.15) is 0 Å². The Morgan fingerprint density at radius 3 is 2.59 bits per heavy atom. The highest BCUT2D eigenvalue weighted by molar-refractivity contribution is 7.99. The summed E-state index contributed by atoms with van der Waals surface area (Å²) in [5.41, 5.74) is 2.49. The van der Waals surface area contributed by atoms with Crippen molar-refractivity contribution in [1.82, 2.24) is 9.55 Å². The number of ether oxygens (including phenoxy) is 1. The maximum Gasteiger partial charge on any atom is 0.316 e. The second kappa shape index (κ2) is 9.52. The van der Waals surface area contributed by atoms with E-state index in [0.29, 0.717) is 28.4 Å². The fraction of sp³-hybridized carbons (Fsp3) is 0.227. The summed E-state index contributed by atoms with van der Waals surface area (Å²) >= 11 is 1.15. The average molecular weight is 412 g/mol. The van der Waals surface area contributed by atoms with Crippen LogP contribution in [0, 0.1) is 12.7 Å². The average Bonchev–Trinajstić information content (AvgIpc) is 2.72. The van der Waals surface area contributed by atoms with Gasteiger partial charge in [0.2, 0.25) is 0 Å². The van der Waals surface area contributed by atoms with Crippen LogP contribution in [0.25, 0.3) is 0 Å². The summed E-state index contributed by atoms with van der Waals surface area (Å²) < 4.78 is 20.1. The highest BCUT2D eigenvalue weighted by Gasteiger charge is 2.15. The zero-order valence-electron chi connectivity index (χ0n) is 16.2. The van der Waals surface area contributed by atoms with Crippen molar-refractivity contribution in [2.75, 3.05) is 5.75 Å². The van der Waals surface area contributed by atoms with Gasteiger partial charge in [0, 0.05) is 24.7 Å². The lowest BCUT2D eigenvalue weighted by Crippen LogP contribution is -2.26. The van der Waals surface area contributed by atoms with E-state index in [9.17, 15) is 14.0 Å². The fourth-order valence-corrected chi connectivity index (χ4v) is 3.63. The Labute approximate surface area is 172 Å². The van der Waals surface area contributed by atoms with Crippen LogP contribution in [0.2, 0.25) is 0 Å². The van der Waals surface area contributed by atoms with Gasteiger partial charge in [-0.15, -0.1) is 0 Å². The molecule has 0 saturated heterocycles. The predicted octanol–water partition coefficient (Wildman–Crippen LogP) is 3.65. The number of thioether (sulfide) groups is 1. The largest absolute Gasteiger partial charge is 0.460 e. The van der Waals surface area contributed by atoms with E-state index in [4.69, 9.17) is 4.74 Å². The molecule has 0 fully saturated rings. The molecule has 0 atom stereocenters. The first-order valence-corrected chi connectivity index (χ1v) is 10.1. The van der Waals surface area contributed by atoms with Crippen LogP contribution in [0.5, 0.6) is 0 Å². The minimum Gasteiger partial charge on any atom is -0.460 e. The summed E-state index contributed by atoms with van der Waals surface area (Å²) in [6.45, 7) is 1.95. The Morgan fingerprint density at radius 2 is 1.86 bits per heavy atom. The van der Waals surface area contributed by atoms with Gasteiger partial charge in [-0.05, 0) is 30.2 Å². The van der Waals surface area contributed by atoms with Crippen LogP contribution in [0.15, 0.2) is 64.5 Å². The molecule has 0 amide bonds. The van der Waals surface area contributed by atoms with Crippen molar-refractivity contribution in [1.29, 1.82) is 0 Å². The molecule has 3 rings (SSSR count). The molecule has 7 heteroatoms. The van der Waals surface area contributed by atoms with Crippen molar-refractivity contribution in [3.8, 4) is 0 Å². The lowest BCUT2D eigenvalue weighted by Gasteiger charge is -2.12. The molecule has 0 aliphatic rings. The number of rotatable bonds is 7. The van der Waals surface area contributed by atoms with Crippen molar-refractivity contribution < 1.29 is 13.9 Å². The molecule has 1 aromatic heterocycles. The standard InChI is InChI=1S/C22H21FN2O3S/c1-15-19(12-17-9-6-10-18(23)11-17)21(27)25(2)22(24-15)29-14-20(26)28-13-16-7-4-3-5-8-16/h3-11H,12-14H2,1-2H3. The molecule has 29 heavy (non-hydrogen) atoms. The minimum absolute atomic E-state index is 0.0514. The van der Waals surface area contributed by atoms with Gasteiger partial charge in [0.15, 0.2) is 5.16 Å². The van der Waals surface area contributed by atoms with Crippen LogP contribution in [0.3, 0.4) is 0 Å². The molecule has 0 saturated carbocycles. The molecule has 0 spiro atoms. The first-order valence-electron chi connectivity index (χ1n) is 9.07. The van der Waals surface area contributed by atoms with Crippen LogP contribution in [0.4, 0.5) is 4.39 Å². The zero-order chi connectivity index (χ0) is 20.8. The number of carbonyl (C=O) groups is 1. The molecule has 0 bridgehead atoms. The van der Waals surface area contributed by atoms with Gasteiger partial charge in [0.05, 0.1) is 5.75 Å². The Morgan fingerprint density at radius 1 is 1.14 bits per heavy atom. The number of hydrogen-bond donors (Lipinski definition) is 0. The predicted molar refractivity (Wildman–Crippen MR) is 110 cm³/mol. The molecule has 0 N–H and O–H groups in total. The molecule has 0 aliphatic carbocycles. The molecule has 0 unspecified atom stereocenters. The minimum atomic E-state index is -0.380. The molecule has 1 heterocycles. The number of carbonyl (C=O) groups excluding carboxylic acids is 1. The van der Waals surface area contributed by atoms with Crippen molar-refractivity contribution in [3.05, 3.63) is 93.2 Å². The molecule has 5 nitrogen and oxygen atoms in total. The number of esters is 1. The number of aromatic nitrogens is 2. The Bertz CT molecular complexity index is 1070. The molecular formula is C22H21FN2O3S. The van der Waals surface area contributed by atoms with E-state index in [0.717, 1.165) is 17.3 Å². The highest BCUT2D eigenvalue weighted by atomic mass is 32.2. The number of aryl methyl sites for hydroxylation is 1. The Hall–Kier alpha value is -2.93. The first kappa shape index (κ1) is 20.8. The fourth-order valence-electron chi connectivity index (χ4n) is 2.82. The topological polar surface area (TPSA) is 61.2 Å². The van der Waals surface area contributed by atoms with Crippen molar-refractivity contribution in [3.63, 3.8) is 0 Å². The summed E-state index contributed by atoms with van der Waals surface area (Å²) in [5, 5.41) is 0.437. The van der Waals surface area contributed by atoms with Crippen molar-refractivity contribution in [2.24, 2.45) is 7.05 Å². The number of halogens is 1. The summed E-state index contributed by atoms with van der Waals surface area (Å²) in [5.74, 6) is -0.670. The highest BCUT2D eigenvalue weighted by Crippen LogP contribution is 2.17. The van der Waals surface area contributed by atoms with Crippen LogP contribution >= 0.6 is 11.8 Å². The Balaban J connectivity index is 1.66. The van der Waals surface area contributed by atoms with Crippen LogP contribution in [-0.2, 0) is 29.6 Å². The van der Waals surface area contributed by atoms with E-state index < -0.39 is 0 Å². The van der Waals surface area contributed by atoms with E-state index in [1.807, 2.05) is 30.3 Å². The Kier molecular flexibility index (Phi) is 6.82. The summed E-state index contributed by atoms with van der Waals surface area (Å²) in [7, 11) is 1.61. The SMILES string of the molecule is Cc1nc(SCC(=O)OCc2ccccc2)n(C)c(=O)c1Cc1cccc(F)c1. The third-order valence-corrected chi connectivity index (χ3v) is 5.38. The maximum absolute atomic E-state index is 13.4. The van der Waals surface area contributed by atoms with Crippen molar-refractivity contribution in [2.45, 2.75) is 25.1 Å². The van der Waals surface area contributed by atoms with Gasteiger partial charge in [-0.3, -0.25) is 14.2 Å². The summed E-state index contributed by atoms with van der Waals surface area (Å²) in [6.07, 6.45) is 0.299. The molecule has 0 aliphatic heterocycles. The molecule has 150 valence electrons. The van der Waals surface area contributed by atoms with Gasteiger partial charge >= 0.3 is 5.97 Å². The quantitative estimate of drug-likeness (QED) is 0.337. The van der Waals surface area contributed by atoms with E-state index in [-0.39, 0.29) is 29.7 Å². The van der Waals surface area contributed by atoms with Gasteiger partial charge in [0.25, 0.3) is 5.56 Å². The third kappa shape index (κ3) is 5.54. The van der Waals surface area contributed by atoms with E-state index >= 15 is 0 Å². The van der Waals surface area contributed by atoms with E-state index in [1.54, 1.807) is 26.1 Å². The monoisotopic (exact) mass is 412 g/mol. The summed E-state index contributed by atoms with van der Waals surface area (Å²) in [4.78, 5) is 29.2. The maximum atomic E-state index is 13.4. The smallest absolute Gasteiger partial charge is 0.316 e. The van der Waals surface area contributed by atoms with Crippen molar-refractivity contribution >= 4 is 17.7 Å². The van der Waals surface area contributed by atoms with Gasteiger partial charge in [-0.1, -0.05) is 54.2 Å². The normalized spacial score (nSPS) is 10.7. The number of hydrogen-bond acceptors (Lipinski definition) is 5. The van der Waals surface area contributed by atoms with Crippen LogP contribution < -0.4 is 5.56 Å². The summed E-state index contributed by atoms with van der Waals surface area (Å²) in [6, 6.07) is 15.6. The molecule has 2 aromatic carbocycles. The van der Waals surface area contributed by atoms with Gasteiger partial charge < -0.3 is 4.74 Å². The van der Waals surface area contributed by atoms with E-state index in [2.05, 4.69) is 4.98 Å².